The van der Waals surface area contributed by atoms with E-state index in [2.05, 4.69) is 28.8 Å². The van der Waals surface area contributed by atoms with Gasteiger partial charge in [0.25, 0.3) is 0 Å². The number of aryl methyl sites for hydroxylation is 2. The fraction of sp³-hybridized carbons (Fsp3) is 0.714. The second-order valence-corrected chi connectivity index (χ2v) is 5.46. The fourth-order valence-corrected chi connectivity index (χ4v) is 2.39. The fourth-order valence-electron chi connectivity index (χ4n) is 2.39. The molecule has 0 aromatic carbocycles. The van der Waals surface area contributed by atoms with Crippen LogP contribution in [0.1, 0.15) is 36.2 Å². The molecule has 2 N–H and O–H groups in total. The molecule has 2 rings (SSSR count). The van der Waals surface area contributed by atoms with Crippen molar-refractivity contribution in [3.8, 4) is 0 Å². The largest absolute Gasteiger partial charge is 0.370 e. The van der Waals surface area contributed by atoms with Crippen LogP contribution in [0, 0.1) is 13.8 Å². The maximum Gasteiger partial charge on any atom is 0.191 e. The zero-order chi connectivity index (χ0) is 14.0. The van der Waals surface area contributed by atoms with Crippen molar-refractivity contribution in [1.82, 2.24) is 14.7 Å². The molecule has 0 atom stereocenters. The molecule has 106 valence electrons. The molecule has 0 radical (unpaired) electrons. The van der Waals surface area contributed by atoms with Crippen molar-refractivity contribution < 1.29 is 0 Å². The van der Waals surface area contributed by atoms with Gasteiger partial charge in [0.05, 0.1) is 5.69 Å². The van der Waals surface area contributed by atoms with Crippen LogP contribution in [0.4, 0.5) is 0 Å². The maximum absolute atomic E-state index is 5.96. The summed E-state index contributed by atoms with van der Waals surface area (Å²) in [5.41, 5.74) is 9.70. The van der Waals surface area contributed by atoms with Gasteiger partial charge >= 0.3 is 0 Å². The molecule has 1 fully saturated rings. The second kappa shape index (κ2) is 5.63. The summed E-state index contributed by atoms with van der Waals surface area (Å²) in [4.78, 5) is 6.56. The Morgan fingerprint density at radius 2 is 2.16 bits per heavy atom. The lowest BCUT2D eigenvalue weighted by Crippen LogP contribution is -2.35. The lowest BCUT2D eigenvalue weighted by Gasteiger charge is -2.16. The molecule has 5 heteroatoms. The number of rotatable bonds is 5. The highest BCUT2D eigenvalue weighted by molar-refractivity contribution is 5.78. The second-order valence-electron chi connectivity index (χ2n) is 5.46. The van der Waals surface area contributed by atoms with E-state index in [1.807, 2.05) is 18.8 Å². The lowest BCUT2D eigenvalue weighted by molar-refractivity contribution is 0.487. The highest BCUT2D eigenvalue weighted by atomic mass is 15.3. The minimum absolute atomic E-state index is 0.631. The molecule has 1 aromatic rings. The average Bonchev–Trinajstić information content (AvgIpc) is 3.17. The molecule has 0 unspecified atom stereocenters. The minimum Gasteiger partial charge on any atom is -0.370 e. The van der Waals surface area contributed by atoms with Gasteiger partial charge in [-0.3, -0.25) is 9.67 Å². The van der Waals surface area contributed by atoms with Gasteiger partial charge in [0.1, 0.15) is 0 Å². The number of hydrogen-bond donors (Lipinski definition) is 1. The summed E-state index contributed by atoms with van der Waals surface area (Å²) < 4.78 is 1.95. The summed E-state index contributed by atoms with van der Waals surface area (Å²) in [6, 6.07) is 0.631. The molecular weight excluding hydrogens is 238 g/mol. The molecular formula is C14H25N5. The van der Waals surface area contributed by atoms with Crippen molar-refractivity contribution in [3.05, 3.63) is 17.0 Å². The van der Waals surface area contributed by atoms with Gasteiger partial charge in [-0.25, -0.2) is 0 Å². The van der Waals surface area contributed by atoms with E-state index in [0.29, 0.717) is 12.0 Å². The highest BCUT2D eigenvalue weighted by Gasteiger charge is 2.27. The third kappa shape index (κ3) is 3.28. The molecule has 0 spiro atoms. The van der Waals surface area contributed by atoms with E-state index >= 15 is 0 Å². The number of hydrogen-bond acceptors (Lipinski definition) is 2. The van der Waals surface area contributed by atoms with Gasteiger partial charge in [-0.1, -0.05) is 0 Å². The van der Waals surface area contributed by atoms with Crippen LogP contribution in [0.25, 0.3) is 0 Å². The van der Waals surface area contributed by atoms with E-state index in [0.717, 1.165) is 25.1 Å². The SMILES string of the molecule is Cc1nn(C)c(C)c1CCCN=C(N)N(C)C1CC1. The standard InChI is InChI=1S/C14H25N5/c1-10-13(11(2)19(4)17-10)6-5-9-16-14(15)18(3)12-7-8-12/h12H,5-9H2,1-4H3,(H2,15,16). The Morgan fingerprint density at radius 3 is 2.68 bits per heavy atom. The average molecular weight is 263 g/mol. The van der Waals surface area contributed by atoms with Gasteiger partial charge in [0.15, 0.2) is 5.96 Å². The Kier molecular flexibility index (Phi) is 4.12. The number of guanidine groups is 1. The van der Waals surface area contributed by atoms with Crippen molar-refractivity contribution in [2.45, 2.75) is 45.6 Å². The van der Waals surface area contributed by atoms with Gasteiger partial charge in [-0.2, -0.15) is 5.10 Å². The van der Waals surface area contributed by atoms with Gasteiger partial charge in [-0.05, 0) is 45.1 Å². The first kappa shape index (κ1) is 13.9. The van der Waals surface area contributed by atoms with E-state index in [1.165, 1.54) is 24.1 Å². The van der Waals surface area contributed by atoms with Crippen molar-refractivity contribution in [3.63, 3.8) is 0 Å². The summed E-state index contributed by atoms with van der Waals surface area (Å²) in [7, 11) is 4.03. The normalized spacial score (nSPS) is 15.9. The molecule has 0 saturated heterocycles. The van der Waals surface area contributed by atoms with Crippen LogP contribution in [0.5, 0.6) is 0 Å². The maximum atomic E-state index is 5.96. The summed E-state index contributed by atoms with van der Waals surface area (Å²) in [5.74, 6) is 0.683. The van der Waals surface area contributed by atoms with Crippen molar-refractivity contribution in [2.24, 2.45) is 17.8 Å². The zero-order valence-corrected chi connectivity index (χ0v) is 12.5. The van der Waals surface area contributed by atoms with Crippen LogP contribution < -0.4 is 5.73 Å². The Morgan fingerprint density at radius 1 is 1.47 bits per heavy atom. The molecule has 1 saturated carbocycles. The minimum atomic E-state index is 0.631. The smallest absolute Gasteiger partial charge is 0.191 e. The van der Waals surface area contributed by atoms with Crippen LogP contribution in [0.15, 0.2) is 4.99 Å². The van der Waals surface area contributed by atoms with Gasteiger partial charge in [0.2, 0.25) is 0 Å². The Hall–Kier alpha value is -1.52. The van der Waals surface area contributed by atoms with Gasteiger partial charge in [-0.15, -0.1) is 0 Å². The quantitative estimate of drug-likeness (QED) is 0.496. The van der Waals surface area contributed by atoms with E-state index in [9.17, 15) is 0 Å². The predicted octanol–water partition coefficient (Wildman–Crippen LogP) is 1.38. The number of nitrogens with zero attached hydrogens (tertiary/aromatic N) is 4. The van der Waals surface area contributed by atoms with Gasteiger partial charge in [0, 0.05) is 32.4 Å². The third-order valence-electron chi connectivity index (χ3n) is 3.97. The highest BCUT2D eigenvalue weighted by Crippen LogP contribution is 2.24. The number of aromatic nitrogens is 2. The van der Waals surface area contributed by atoms with Crippen molar-refractivity contribution in [2.75, 3.05) is 13.6 Å². The number of aliphatic imine (C=N–C) groups is 1. The van der Waals surface area contributed by atoms with E-state index in [4.69, 9.17) is 5.73 Å². The van der Waals surface area contributed by atoms with Crippen LogP contribution >= 0.6 is 0 Å². The molecule has 0 bridgehead atoms. The van der Waals surface area contributed by atoms with Gasteiger partial charge < -0.3 is 10.6 Å². The van der Waals surface area contributed by atoms with Crippen LogP contribution in [-0.2, 0) is 13.5 Å². The summed E-state index contributed by atoms with van der Waals surface area (Å²) in [6.07, 6.45) is 4.55. The van der Waals surface area contributed by atoms with Crippen molar-refractivity contribution in [1.29, 1.82) is 0 Å². The van der Waals surface area contributed by atoms with E-state index < -0.39 is 0 Å². The lowest BCUT2D eigenvalue weighted by atomic mass is 10.1. The van der Waals surface area contributed by atoms with Crippen LogP contribution in [0.2, 0.25) is 0 Å². The molecule has 0 aliphatic heterocycles. The Labute approximate surface area is 115 Å². The Bertz CT molecular complexity index is 470. The first-order chi connectivity index (χ1) is 9.00. The molecule has 1 aliphatic rings. The van der Waals surface area contributed by atoms with E-state index in [1.54, 1.807) is 0 Å². The summed E-state index contributed by atoms with van der Waals surface area (Å²) >= 11 is 0. The third-order valence-corrected chi connectivity index (χ3v) is 3.97. The summed E-state index contributed by atoms with van der Waals surface area (Å²) in [6.45, 7) is 4.98. The molecule has 0 amide bonds. The molecule has 1 heterocycles. The number of nitrogens with two attached hydrogens (primary N) is 1. The predicted molar refractivity (Wildman–Crippen MR) is 78.3 cm³/mol. The zero-order valence-electron chi connectivity index (χ0n) is 12.5. The molecule has 1 aliphatic carbocycles. The molecule has 1 aromatic heterocycles. The van der Waals surface area contributed by atoms with Crippen LogP contribution in [0.3, 0.4) is 0 Å². The molecule has 19 heavy (non-hydrogen) atoms. The summed E-state index contributed by atoms with van der Waals surface area (Å²) in [5, 5.41) is 4.43. The van der Waals surface area contributed by atoms with Crippen molar-refractivity contribution >= 4 is 5.96 Å². The first-order valence-electron chi connectivity index (χ1n) is 7.02. The van der Waals surface area contributed by atoms with E-state index in [-0.39, 0.29) is 0 Å². The Balaban J connectivity index is 1.81. The molecule has 5 nitrogen and oxygen atoms in total. The first-order valence-corrected chi connectivity index (χ1v) is 7.02. The monoisotopic (exact) mass is 263 g/mol. The van der Waals surface area contributed by atoms with Crippen LogP contribution in [-0.4, -0.2) is 40.3 Å². The topological polar surface area (TPSA) is 59.4 Å².